The van der Waals surface area contributed by atoms with Crippen molar-refractivity contribution >= 4 is 17.5 Å². The fourth-order valence-electron chi connectivity index (χ4n) is 2.10. The molecule has 1 aromatic heterocycles. The summed E-state index contributed by atoms with van der Waals surface area (Å²) < 4.78 is 0. The van der Waals surface area contributed by atoms with E-state index >= 15 is 0 Å². The van der Waals surface area contributed by atoms with Gasteiger partial charge < -0.3 is 15.7 Å². The quantitative estimate of drug-likeness (QED) is 0.595. The minimum absolute atomic E-state index is 0.0554. The average molecular weight is 266 g/mol. The largest absolute Gasteiger partial charge is 0.480 e. The van der Waals surface area contributed by atoms with Gasteiger partial charge in [-0.05, 0) is 19.4 Å². The Morgan fingerprint density at radius 2 is 2.37 bits per heavy atom. The highest BCUT2D eigenvalue weighted by molar-refractivity contribution is 5.80. The van der Waals surface area contributed by atoms with Gasteiger partial charge in [0, 0.05) is 18.7 Å². The summed E-state index contributed by atoms with van der Waals surface area (Å²) in [5, 5.41) is 19.7. The number of aliphatic carboxylic acids is 1. The lowest BCUT2D eigenvalue weighted by molar-refractivity contribution is -0.385. The van der Waals surface area contributed by atoms with Crippen LogP contribution in [-0.4, -0.2) is 39.6 Å². The van der Waals surface area contributed by atoms with Gasteiger partial charge in [0.05, 0.1) is 4.92 Å². The highest BCUT2D eigenvalue weighted by Crippen LogP contribution is 2.27. The highest BCUT2D eigenvalue weighted by Gasteiger charge is 2.41. The van der Waals surface area contributed by atoms with Crippen molar-refractivity contribution < 1.29 is 14.8 Å². The summed E-state index contributed by atoms with van der Waals surface area (Å²) in [5.41, 5.74) is 4.92. The molecule has 2 rings (SSSR count). The van der Waals surface area contributed by atoms with Gasteiger partial charge in [-0.2, -0.15) is 0 Å². The van der Waals surface area contributed by atoms with Crippen LogP contribution in [0.15, 0.2) is 12.3 Å². The molecule has 0 saturated carbocycles. The third-order valence-corrected chi connectivity index (χ3v) is 3.32. The van der Waals surface area contributed by atoms with E-state index in [0.29, 0.717) is 24.3 Å². The maximum Gasteiger partial charge on any atom is 0.325 e. The Morgan fingerprint density at radius 3 is 2.84 bits per heavy atom. The maximum atomic E-state index is 11.0. The van der Waals surface area contributed by atoms with Gasteiger partial charge in [0.1, 0.15) is 17.6 Å². The van der Waals surface area contributed by atoms with Gasteiger partial charge >= 0.3 is 5.97 Å². The fourth-order valence-corrected chi connectivity index (χ4v) is 2.10. The van der Waals surface area contributed by atoms with Crippen molar-refractivity contribution in [3.63, 3.8) is 0 Å². The number of anilines is 1. The maximum absolute atomic E-state index is 11.0. The third-order valence-electron chi connectivity index (χ3n) is 3.32. The monoisotopic (exact) mass is 266 g/mol. The first-order valence-electron chi connectivity index (χ1n) is 5.72. The fraction of sp³-hybridized carbons (Fsp3) is 0.455. The molecule has 1 unspecified atom stereocenters. The number of hydrogen-bond acceptors (Lipinski definition) is 6. The molecule has 19 heavy (non-hydrogen) atoms. The first-order valence-corrected chi connectivity index (χ1v) is 5.72. The smallest absolute Gasteiger partial charge is 0.325 e. The molecule has 2 heterocycles. The zero-order valence-corrected chi connectivity index (χ0v) is 10.4. The first-order chi connectivity index (χ1) is 8.83. The molecule has 0 spiro atoms. The van der Waals surface area contributed by atoms with Crippen molar-refractivity contribution in [2.75, 3.05) is 18.0 Å². The molecule has 0 bridgehead atoms. The van der Waals surface area contributed by atoms with Gasteiger partial charge in [-0.3, -0.25) is 14.9 Å². The summed E-state index contributed by atoms with van der Waals surface area (Å²) >= 11 is 0. The second-order valence-electron chi connectivity index (χ2n) is 4.72. The minimum Gasteiger partial charge on any atom is -0.480 e. The number of carbonyl (C=O) groups is 1. The molecule has 3 N–H and O–H groups in total. The number of aromatic nitrogens is 1. The molecular formula is C11H14N4O4. The predicted octanol–water partition coefficient (Wildman–Crippen LogP) is 0.290. The first kappa shape index (κ1) is 13.2. The second-order valence-corrected chi connectivity index (χ2v) is 4.72. The molecule has 1 fully saturated rings. The van der Waals surface area contributed by atoms with Crippen LogP contribution in [0, 0.1) is 17.0 Å². The van der Waals surface area contributed by atoms with Crippen LogP contribution in [0.3, 0.4) is 0 Å². The van der Waals surface area contributed by atoms with Crippen LogP contribution in [0.4, 0.5) is 11.5 Å². The highest BCUT2D eigenvalue weighted by atomic mass is 16.6. The summed E-state index contributed by atoms with van der Waals surface area (Å²) in [6, 6.07) is 1.58. The molecular weight excluding hydrogens is 252 g/mol. The summed E-state index contributed by atoms with van der Waals surface area (Å²) in [4.78, 5) is 27.0. The molecule has 1 atom stereocenters. The number of nitro groups is 1. The standard InChI is InChI=1S/C11H14N4O4/c1-7-4-9(13-5-8(7)15(18)19)14-3-2-11(12,6-14)10(16)17/h4-5H,2-3,6,12H2,1H3,(H,16,17). The Balaban J connectivity index is 2.23. The topological polar surface area (TPSA) is 123 Å². The molecule has 0 amide bonds. The number of carboxylic acid groups (broad SMARTS) is 1. The van der Waals surface area contributed by atoms with E-state index in [1.54, 1.807) is 17.9 Å². The predicted molar refractivity (Wildman–Crippen MR) is 67.0 cm³/mol. The minimum atomic E-state index is -1.28. The number of nitrogens with zero attached hydrogens (tertiary/aromatic N) is 3. The van der Waals surface area contributed by atoms with Gasteiger partial charge in [0.2, 0.25) is 0 Å². The van der Waals surface area contributed by atoms with Crippen LogP contribution >= 0.6 is 0 Å². The number of hydrogen-bond donors (Lipinski definition) is 2. The van der Waals surface area contributed by atoms with Gasteiger partial charge in [-0.15, -0.1) is 0 Å². The molecule has 1 aromatic rings. The van der Waals surface area contributed by atoms with Crippen LogP contribution in [0.2, 0.25) is 0 Å². The summed E-state index contributed by atoms with van der Waals surface area (Å²) in [6.45, 7) is 2.23. The molecule has 1 saturated heterocycles. The Kier molecular flexibility index (Phi) is 3.11. The lowest BCUT2D eigenvalue weighted by Crippen LogP contribution is -2.50. The normalized spacial score (nSPS) is 22.5. The molecule has 0 aromatic carbocycles. The van der Waals surface area contributed by atoms with Gasteiger partial charge in [0.25, 0.3) is 5.69 Å². The van der Waals surface area contributed by atoms with Crippen LogP contribution in [-0.2, 0) is 4.79 Å². The Bertz CT molecular complexity index is 547. The number of pyridine rings is 1. The number of carboxylic acids is 1. The molecule has 0 aliphatic carbocycles. The van der Waals surface area contributed by atoms with Crippen molar-refractivity contribution in [1.82, 2.24) is 4.98 Å². The van der Waals surface area contributed by atoms with Gasteiger partial charge in [-0.1, -0.05) is 0 Å². The third kappa shape index (κ3) is 2.34. The number of rotatable bonds is 3. The van der Waals surface area contributed by atoms with E-state index in [9.17, 15) is 14.9 Å². The van der Waals surface area contributed by atoms with E-state index in [1.165, 1.54) is 6.20 Å². The van der Waals surface area contributed by atoms with Crippen molar-refractivity contribution in [3.8, 4) is 0 Å². The summed E-state index contributed by atoms with van der Waals surface area (Å²) in [6.07, 6.45) is 1.50. The lowest BCUT2D eigenvalue weighted by atomic mass is 10.0. The Labute approximate surface area is 109 Å². The molecule has 8 nitrogen and oxygen atoms in total. The van der Waals surface area contributed by atoms with E-state index in [-0.39, 0.29) is 12.2 Å². The van der Waals surface area contributed by atoms with E-state index in [0.717, 1.165) is 0 Å². The Hall–Kier alpha value is -2.22. The van der Waals surface area contributed by atoms with E-state index in [1.807, 2.05) is 0 Å². The van der Waals surface area contributed by atoms with E-state index in [4.69, 9.17) is 10.8 Å². The summed E-state index contributed by atoms with van der Waals surface area (Å²) in [7, 11) is 0. The zero-order valence-electron chi connectivity index (χ0n) is 10.4. The molecule has 8 heteroatoms. The van der Waals surface area contributed by atoms with Gasteiger partial charge in [0.15, 0.2) is 0 Å². The SMILES string of the molecule is Cc1cc(N2CCC(N)(C(=O)O)C2)ncc1[N+](=O)[O-]. The van der Waals surface area contributed by atoms with Crippen LogP contribution in [0.1, 0.15) is 12.0 Å². The van der Waals surface area contributed by atoms with E-state index < -0.39 is 16.4 Å². The molecule has 1 aliphatic rings. The molecule has 102 valence electrons. The van der Waals surface area contributed by atoms with Gasteiger partial charge in [-0.25, -0.2) is 4.98 Å². The van der Waals surface area contributed by atoms with Crippen molar-refractivity contribution in [1.29, 1.82) is 0 Å². The Morgan fingerprint density at radius 1 is 1.68 bits per heavy atom. The number of aryl methyl sites for hydroxylation is 1. The van der Waals surface area contributed by atoms with E-state index in [2.05, 4.69) is 4.98 Å². The molecule has 1 aliphatic heterocycles. The number of nitrogens with two attached hydrogens (primary N) is 1. The average Bonchev–Trinajstić information content (AvgIpc) is 2.73. The lowest BCUT2D eigenvalue weighted by Gasteiger charge is -2.20. The molecule has 0 radical (unpaired) electrons. The van der Waals surface area contributed by atoms with Crippen LogP contribution in [0.25, 0.3) is 0 Å². The second kappa shape index (κ2) is 4.47. The van der Waals surface area contributed by atoms with Crippen molar-refractivity contribution in [2.24, 2.45) is 5.73 Å². The van der Waals surface area contributed by atoms with Crippen LogP contribution < -0.4 is 10.6 Å². The van der Waals surface area contributed by atoms with Crippen molar-refractivity contribution in [3.05, 3.63) is 27.9 Å². The van der Waals surface area contributed by atoms with Crippen LogP contribution in [0.5, 0.6) is 0 Å². The summed E-state index contributed by atoms with van der Waals surface area (Å²) in [5.74, 6) is -0.537. The van der Waals surface area contributed by atoms with Crippen molar-refractivity contribution in [2.45, 2.75) is 18.9 Å². The zero-order chi connectivity index (χ0) is 14.2.